The molecule has 0 saturated carbocycles. The Balaban J connectivity index is 1.13. The highest BCUT2D eigenvalue weighted by Gasteiger charge is 2.25. The van der Waals surface area contributed by atoms with Crippen molar-refractivity contribution >= 4 is 11.7 Å². The molecule has 6 heteroatoms. The topological polar surface area (TPSA) is 78.9 Å². The number of rotatable bonds is 10. The van der Waals surface area contributed by atoms with Gasteiger partial charge in [0.25, 0.3) is 5.91 Å². The highest BCUT2D eigenvalue weighted by atomic mass is 16.5. The molecule has 34 heavy (non-hydrogen) atoms. The fourth-order valence-electron chi connectivity index (χ4n) is 4.91. The summed E-state index contributed by atoms with van der Waals surface area (Å²) in [6, 6.07) is 16.0. The number of ketones is 1. The van der Waals surface area contributed by atoms with Crippen molar-refractivity contribution in [1.82, 2.24) is 10.2 Å². The zero-order valence-corrected chi connectivity index (χ0v) is 20.0. The summed E-state index contributed by atoms with van der Waals surface area (Å²) in [6.07, 6.45) is 4.34. The van der Waals surface area contributed by atoms with Crippen LogP contribution in [0.3, 0.4) is 0 Å². The third kappa shape index (κ3) is 6.32. The average Bonchev–Trinajstić information content (AvgIpc) is 3.28. The minimum atomic E-state index is -0.397. The molecule has 182 valence electrons. The molecule has 2 atom stereocenters. The van der Waals surface area contributed by atoms with E-state index in [4.69, 9.17) is 4.74 Å². The molecule has 1 aliphatic heterocycles. The maximum atomic E-state index is 12.7. The first-order valence-corrected chi connectivity index (χ1v) is 12.5. The Morgan fingerprint density at radius 2 is 1.74 bits per heavy atom. The average molecular weight is 465 g/mol. The fraction of sp³-hybridized carbons (Fsp3) is 0.500. The van der Waals surface area contributed by atoms with E-state index in [0.717, 1.165) is 25.7 Å². The summed E-state index contributed by atoms with van der Waals surface area (Å²) >= 11 is 0. The van der Waals surface area contributed by atoms with Crippen molar-refractivity contribution in [3.8, 4) is 0 Å². The smallest absolute Gasteiger partial charge is 0.254 e. The molecule has 2 aromatic carbocycles. The summed E-state index contributed by atoms with van der Waals surface area (Å²) in [4.78, 5) is 27.1. The van der Waals surface area contributed by atoms with Gasteiger partial charge in [0.15, 0.2) is 5.78 Å². The summed E-state index contributed by atoms with van der Waals surface area (Å²) in [5.41, 5.74) is 4.04. The second-order valence-corrected chi connectivity index (χ2v) is 9.60. The molecule has 0 unspecified atom stereocenters. The Kier molecular flexibility index (Phi) is 8.48. The number of hydrogen-bond acceptors (Lipinski definition) is 5. The molecule has 2 aliphatic rings. The first-order valence-electron chi connectivity index (χ1n) is 12.5. The first kappa shape index (κ1) is 24.6. The number of benzene rings is 2. The zero-order chi connectivity index (χ0) is 23.9. The van der Waals surface area contributed by atoms with Crippen molar-refractivity contribution in [3.63, 3.8) is 0 Å². The lowest BCUT2D eigenvalue weighted by Crippen LogP contribution is -2.47. The standard InChI is InChI=1S/C28H36N2O4/c1-20-19-34-15-14-30(20)28(33)22-12-10-21(11-13-22)27(32)9-5-4-8-26(31)18-29-25-16-23-6-2-3-7-24(23)17-25/h2-3,6-7,10-13,20,25-26,29,31H,4-5,8-9,14-19H2,1H3/t20-,26+/m0/s1. The Bertz CT molecular complexity index is 950. The van der Waals surface area contributed by atoms with E-state index in [0.29, 0.717) is 56.3 Å². The van der Waals surface area contributed by atoms with Crippen molar-refractivity contribution in [1.29, 1.82) is 0 Å². The normalized spacial score (nSPS) is 19.1. The van der Waals surface area contributed by atoms with Crippen LogP contribution in [-0.4, -0.2) is 66.2 Å². The molecule has 1 fully saturated rings. The highest BCUT2D eigenvalue weighted by Crippen LogP contribution is 2.21. The van der Waals surface area contributed by atoms with E-state index < -0.39 is 6.10 Å². The predicted octanol–water partition coefficient (Wildman–Crippen LogP) is 3.41. The number of amides is 1. The van der Waals surface area contributed by atoms with Crippen molar-refractivity contribution < 1.29 is 19.4 Å². The maximum absolute atomic E-state index is 12.7. The number of aliphatic hydroxyl groups excluding tert-OH is 1. The van der Waals surface area contributed by atoms with Gasteiger partial charge in [-0.3, -0.25) is 9.59 Å². The summed E-state index contributed by atoms with van der Waals surface area (Å²) in [5, 5.41) is 13.8. The van der Waals surface area contributed by atoms with E-state index in [2.05, 4.69) is 29.6 Å². The lowest BCUT2D eigenvalue weighted by Gasteiger charge is -2.33. The van der Waals surface area contributed by atoms with E-state index in [1.165, 1.54) is 11.1 Å². The molecule has 0 bridgehead atoms. The van der Waals surface area contributed by atoms with Crippen molar-refractivity contribution in [2.45, 2.75) is 63.6 Å². The molecule has 1 amide bonds. The van der Waals surface area contributed by atoms with Crippen LogP contribution in [0.1, 0.15) is 64.4 Å². The molecule has 1 aliphatic carbocycles. The molecule has 0 aromatic heterocycles. The van der Waals surface area contributed by atoms with Gasteiger partial charge in [-0.15, -0.1) is 0 Å². The van der Waals surface area contributed by atoms with E-state index in [-0.39, 0.29) is 17.7 Å². The van der Waals surface area contributed by atoms with Gasteiger partial charge in [0.2, 0.25) is 0 Å². The van der Waals surface area contributed by atoms with Gasteiger partial charge in [0.1, 0.15) is 0 Å². The molecule has 0 radical (unpaired) electrons. The Labute approximate surface area is 202 Å². The number of unbranched alkanes of at least 4 members (excludes halogenated alkanes) is 1. The molecule has 1 saturated heterocycles. The van der Waals surface area contributed by atoms with Crippen molar-refractivity contribution in [2.24, 2.45) is 0 Å². The Hall–Kier alpha value is -2.54. The van der Waals surface area contributed by atoms with Crippen LogP contribution in [0.15, 0.2) is 48.5 Å². The third-order valence-electron chi connectivity index (χ3n) is 6.97. The van der Waals surface area contributed by atoms with Crippen molar-refractivity contribution in [3.05, 3.63) is 70.8 Å². The third-order valence-corrected chi connectivity index (χ3v) is 6.97. The summed E-state index contributed by atoms with van der Waals surface area (Å²) in [6.45, 7) is 4.28. The fourth-order valence-corrected chi connectivity index (χ4v) is 4.91. The molecule has 2 N–H and O–H groups in total. The van der Waals surface area contributed by atoms with Gasteiger partial charge in [-0.05, 0) is 55.9 Å². The molecular formula is C28H36N2O4. The van der Waals surface area contributed by atoms with Crippen LogP contribution < -0.4 is 5.32 Å². The van der Waals surface area contributed by atoms with E-state index in [9.17, 15) is 14.7 Å². The van der Waals surface area contributed by atoms with E-state index in [1.54, 1.807) is 24.3 Å². The summed E-state index contributed by atoms with van der Waals surface area (Å²) < 4.78 is 5.40. The number of morpholine rings is 1. The largest absolute Gasteiger partial charge is 0.392 e. The van der Waals surface area contributed by atoms with E-state index >= 15 is 0 Å². The molecule has 0 spiro atoms. The number of nitrogens with zero attached hydrogens (tertiary/aromatic N) is 1. The zero-order valence-electron chi connectivity index (χ0n) is 20.0. The second kappa shape index (κ2) is 11.7. The number of nitrogens with one attached hydrogen (secondary N) is 1. The van der Waals surface area contributed by atoms with Crippen molar-refractivity contribution in [2.75, 3.05) is 26.3 Å². The lowest BCUT2D eigenvalue weighted by atomic mass is 10.0. The maximum Gasteiger partial charge on any atom is 0.254 e. The predicted molar refractivity (Wildman–Crippen MR) is 132 cm³/mol. The van der Waals surface area contributed by atoms with Crippen LogP contribution in [0.4, 0.5) is 0 Å². The summed E-state index contributed by atoms with van der Waals surface area (Å²) in [5.74, 6) is 0.0638. The monoisotopic (exact) mass is 464 g/mol. The minimum absolute atomic E-state index is 0.0149. The molecule has 6 nitrogen and oxygen atoms in total. The molecular weight excluding hydrogens is 428 g/mol. The SMILES string of the molecule is C[C@H]1COCCN1C(=O)c1ccc(C(=O)CCCC[C@@H](O)CNC2Cc3ccccc3C2)cc1. The Morgan fingerprint density at radius 3 is 2.41 bits per heavy atom. The van der Waals surface area contributed by atoms with Crippen LogP contribution in [0, 0.1) is 0 Å². The number of carbonyl (C=O) groups is 2. The number of ether oxygens (including phenoxy) is 1. The van der Waals surface area contributed by atoms with E-state index in [1.807, 2.05) is 11.8 Å². The quantitative estimate of drug-likeness (QED) is 0.416. The van der Waals surface area contributed by atoms with Gasteiger partial charge in [0.05, 0.1) is 25.4 Å². The van der Waals surface area contributed by atoms with Gasteiger partial charge in [0, 0.05) is 36.7 Å². The number of fused-ring (bicyclic) bond motifs is 1. The number of aliphatic hydroxyl groups is 1. The highest BCUT2D eigenvalue weighted by molar-refractivity contribution is 5.98. The Morgan fingerprint density at radius 1 is 1.06 bits per heavy atom. The number of carbonyl (C=O) groups excluding carboxylic acids is 2. The summed E-state index contributed by atoms with van der Waals surface area (Å²) in [7, 11) is 0. The molecule has 4 rings (SSSR count). The number of Topliss-reactive ketones (excluding diaryl/α,β-unsaturated/α-hetero) is 1. The molecule has 2 aromatic rings. The lowest BCUT2D eigenvalue weighted by molar-refractivity contribution is 0.00359. The van der Waals surface area contributed by atoms with Crippen LogP contribution in [0.5, 0.6) is 0 Å². The van der Waals surface area contributed by atoms with Crippen LogP contribution >= 0.6 is 0 Å². The van der Waals surface area contributed by atoms with Gasteiger partial charge in [-0.1, -0.05) is 42.8 Å². The van der Waals surface area contributed by atoms with Gasteiger partial charge in [-0.2, -0.15) is 0 Å². The minimum Gasteiger partial charge on any atom is -0.392 e. The molecule has 1 heterocycles. The van der Waals surface area contributed by atoms with Gasteiger partial charge < -0.3 is 20.1 Å². The van der Waals surface area contributed by atoms with Gasteiger partial charge >= 0.3 is 0 Å². The van der Waals surface area contributed by atoms with Crippen LogP contribution in [0.2, 0.25) is 0 Å². The number of hydrogen-bond donors (Lipinski definition) is 2. The van der Waals surface area contributed by atoms with Gasteiger partial charge in [-0.25, -0.2) is 0 Å². The second-order valence-electron chi connectivity index (χ2n) is 9.60. The van der Waals surface area contributed by atoms with Crippen LogP contribution in [-0.2, 0) is 17.6 Å². The van der Waals surface area contributed by atoms with Crippen LogP contribution in [0.25, 0.3) is 0 Å². The first-order chi connectivity index (χ1) is 16.5.